The van der Waals surface area contributed by atoms with Crippen LogP contribution in [0, 0.1) is 0 Å². The average molecular weight is 429 g/mol. The molecule has 0 fully saturated rings. The molecule has 0 radical (unpaired) electrons. The Morgan fingerprint density at radius 3 is 2.63 bits per heavy atom. The van der Waals surface area contributed by atoms with Gasteiger partial charge >= 0.3 is 0 Å². The van der Waals surface area contributed by atoms with E-state index in [0.717, 1.165) is 16.9 Å². The Bertz CT molecular complexity index is 974. The van der Waals surface area contributed by atoms with Crippen molar-refractivity contribution in [1.82, 2.24) is 5.32 Å². The lowest BCUT2D eigenvalue weighted by Gasteiger charge is -2.19. The molecule has 8 heteroatoms. The minimum absolute atomic E-state index is 0.181. The number of rotatable bonds is 8. The second-order valence-corrected chi connectivity index (χ2v) is 7.58. The van der Waals surface area contributed by atoms with Crippen molar-refractivity contribution in [3.8, 4) is 11.5 Å². The van der Waals surface area contributed by atoms with Gasteiger partial charge in [-0.15, -0.1) is 0 Å². The molecular weight excluding hydrogens is 404 g/mol. The standard InChI is InChI=1S/C22H24N2O5S/c1-27-10-4-9-23-21(25)15-6-8-19-16(13-15)24-22(26)20(30-19)12-14-5-7-17(28-2)18(11-14)29-3/h5-8,11-13H,4,9-10H2,1-3H3,(H,23,25)(H,24,26). The van der Waals surface area contributed by atoms with Crippen LogP contribution in [0.3, 0.4) is 0 Å². The maximum atomic E-state index is 12.6. The average Bonchev–Trinajstić information content (AvgIpc) is 2.76. The van der Waals surface area contributed by atoms with Gasteiger partial charge in [-0.1, -0.05) is 17.8 Å². The lowest BCUT2D eigenvalue weighted by atomic mass is 10.1. The van der Waals surface area contributed by atoms with E-state index in [9.17, 15) is 9.59 Å². The van der Waals surface area contributed by atoms with Crippen LogP contribution in [-0.4, -0.2) is 46.3 Å². The summed E-state index contributed by atoms with van der Waals surface area (Å²) in [5, 5.41) is 5.71. The number of amides is 2. The fourth-order valence-electron chi connectivity index (χ4n) is 2.92. The molecule has 1 aliphatic rings. The van der Waals surface area contributed by atoms with Gasteiger partial charge in [0.05, 0.1) is 24.8 Å². The first-order valence-corrected chi connectivity index (χ1v) is 10.2. The van der Waals surface area contributed by atoms with Crippen LogP contribution in [0.1, 0.15) is 22.3 Å². The van der Waals surface area contributed by atoms with Crippen molar-refractivity contribution in [2.45, 2.75) is 11.3 Å². The molecule has 2 amide bonds. The van der Waals surface area contributed by atoms with Crippen LogP contribution in [0.25, 0.3) is 6.08 Å². The Morgan fingerprint density at radius 2 is 1.90 bits per heavy atom. The molecule has 2 N–H and O–H groups in total. The summed E-state index contributed by atoms with van der Waals surface area (Å²) in [6.45, 7) is 1.12. The fraction of sp³-hybridized carbons (Fsp3) is 0.273. The molecule has 0 unspecified atom stereocenters. The molecule has 0 aromatic heterocycles. The summed E-state index contributed by atoms with van der Waals surface area (Å²) >= 11 is 1.36. The van der Waals surface area contributed by atoms with E-state index < -0.39 is 0 Å². The maximum Gasteiger partial charge on any atom is 0.262 e. The Labute approximate surface area is 179 Å². The molecule has 30 heavy (non-hydrogen) atoms. The third kappa shape index (κ3) is 5.14. The van der Waals surface area contributed by atoms with Crippen molar-refractivity contribution in [1.29, 1.82) is 0 Å². The van der Waals surface area contributed by atoms with E-state index in [2.05, 4.69) is 10.6 Å². The van der Waals surface area contributed by atoms with Crippen molar-refractivity contribution in [3.05, 3.63) is 52.4 Å². The zero-order valence-electron chi connectivity index (χ0n) is 17.1. The van der Waals surface area contributed by atoms with Crippen LogP contribution in [0.5, 0.6) is 11.5 Å². The van der Waals surface area contributed by atoms with Crippen molar-refractivity contribution in [2.24, 2.45) is 0 Å². The number of hydrogen-bond acceptors (Lipinski definition) is 6. The van der Waals surface area contributed by atoms with Crippen molar-refractivity contribution in [3.63, 3.8) is 0 Å². The van der Waals surface area contributed by atoms with Crippen LogP contribution in [0.4, 0.5) is 5.69 Å². The number of ether oxygens (including phenoxy) is 3. The topological polar surface area (TPSA) is 85.9 Å². The number of nitrogens with one attached hydrogen (secondary N) is 2. The van der Waals surface area contributed by atoms with Crippen LogP contribution in [0.15, 0.2) is 46.2 Å². The van der Waals surface area contributed by atoms with Gasteiger partial charge in [0, 0.05) is 30.7 Å². The van der Waals surface area contributed by atoms with Crippen molar-refractivity contribution >= 4 is 35.3 Å². The van der Waals surface area contributed by atoms with E-state index in [1.54, 1.807) is 45.6 Å². The van der Waals surface area contributed by atoms with Gasteiger partial charge in [0.25, 0.3) is 11.8 Å². The molecule has 0 aliphatic carbocycles. The van der Waals surface area contributed by atoms with E-state index in [4.69, 9.17) is 14.2 Å². The number of fused-ring (bicyclic) bond motifs is 1. The summed E-state index contributed by atoms with van der Waals surface area (Å²) in [6.07, 6.45) is 2.53. The Balaban J connectivity index is 1.75. The minimum atomic E-state index is -0.222. The predicted octanol–water partition coefficient (Wildman–Crippen LogP) is 3.56. The second kappa shape index (κ2) is 10.2. The largest absolute Gasteiger partial charge is 0.493 e. The quantitative estimate of drug-likeness (QED) is 0.494. The Morgan fingerprint density at radius 1 is 1.10 bits per heavy atom. The minimum Gasteiger partial charge on any atom is -0.493 e. The molecular formula is C22H24N2O5S. The van der Waals surface area contributed by atoms with E-state index in [1.165, 1.54) is 11.8 Å². The van der Waals surface area contributed by atoms with Gasteiger partial charge < -0.3 is 24.8 Å². The zero-order valence-corrected chi connectivity index (χ0v) is 17.9. The summed E-state index contributed by atoms with van der Waals surface area (Å²) in [5.74, 6) is 0.813. The first-order chi connectivity index (χ1) is 14.5. The number of hydrogen-bond donors (Lipinski definition) is 2. The molecule has 0 saturated carbocycles. The number of anilines is 1. The molecule has 0 atom stereocenters. The molecule has 3 rings (SSSR count). The highest BCUT2D eigenvalue weighted by Crippen LogP contribution is 2.40. The van der Waals surface area contributed by atoms with Gasteiger partial charge in [-0.05, 0) is 48.4 Å². The number of methoxy groups -OCH3 is 3. The third-order valence-corrected chi connectivity index (χ3v) is 5.55. The monoisotopic (exact) mass is 428 g/mol. The highest BCUT2D eigenvalue weighted by molar-refractivity contribution is 8.04. The Hall–Kier alpha value is -2.97. The first-order valence-electron chi connectivity index (χ1n) is 9.40. The molecule has 1 aliphatic heterocycles. The second-order valence-electron chi connectivity index (χ2n) is 6.49. The van der Waals surface area contributed by atoms with E-state index >= 15 is 0 Å². The molecule has 0 spiro atoms. The highest BCUT2D eigenvalue weighted by Gasteiger charge is 2.22. The molecule has 7 nitrogen and oxygen atoms in total. The predicted molar refractivity (Wildman–Crippen MR) is 117 cm³/mol. The number of thioether (sulfide) groups is 1. The fourth-order valence-corrected chi connectivity index (χ4v) is 3.85. The molecule has 1 heterocycles. The summed E-state index contributed by atoms with van der Waals surface area (Å²) in [5.41, 5.74) is 1.94. The molecule has 0 bridgehead atoms. The lowest BCUT2D eigenvalue weighted by molar-refractivity contribution is -0.112. The molecule has 0 saturated heterocycles. The highest BCUT2D eigenvalue weighted by atomic mass is 32.2. The van der Waals surface area contributed by atoms with E-state index in [-0.39, 0.29) is 11.8 Å². The van der Waals surface area contributed by atoms with Crippen molar-refractivity contribution in [2.75, 3.05) is 39.8 Å². The van der Waals surface area contributed by atoms with Gasteiger partial charge in [0.15, 0.2) is 11.5 Å². The van der Waals surface area contributed by atoms with E-state index in [0.29, 0.717) is 40.8 Å². The summed E-state index contributed by atoms with van der Waals surface area (Å²) in [6, 6.07) is 10.7. The van der Waals surface area contributed by atoms with E-state index in [1.807, 2.05) is 18.2 Å². The third-order valence-electron chi connectivity index (χ3n) is 4.45. The van der Waals surface area contributed by atoms with Gasteiger partial charge in [0.2, 0.25) is 0 Å². The number of benzene rings is 2. The molecule has 2 aromatic carbocycles. The summed E-state index contributed by atoms with van der Waals surface area (Å²) in [7, 11) is 4.77. The van der Waals surface area contributed by atoms with Crippen LogP contribution >= 0.6 is 11.8 Å². The smallest absolute Gasteiger partial charge is 0.262 e. The summed E-state index contributed by atoms with van der Waals surface area (Å²) < 4.78 is 15.5. The Kier molecular flexibility index (Phi) is 7.37. The normalized spacial score (nSPS) is 14.1. The first kappa shape index (κ1) is 21.7. The number of carbonyl (C=O) groups is 2. The number of carbonyl (C=O) groups excluding carboxylic acids is 2. The van der Waals surface area contributed by atoms with Crippen LogP contribution in [0.2, 0.25) is 0 Å². The van der Waals surface area contributed by atoms with Gasteiger partial charge in [-0.25, -0.2) is 0 Å². The summed E-state index contributed by atoms with van der Waals surface area (Å²) in [4.78, 5) is 26.3. The lowest BCUT2D eigenvalue weighted by Crippen LogP contribution is -2.25. The van der Waals surface area contributed by atoms with Crippen LogP contribution < -0.4 is 20.1 Å². The maximum absolute atomic E-state index is 12.6. The SMILES string of the molecule is COCCCNC(=O)c1ccc2c(c1)NC(=O)C(=Cc1ccc(OC)c(OC)c1)S2. The molecule has 158 valence electrons. The van der Waals surface area contributed by atoms with Gasteiger partial charge in [-0.3, -0.25) is 9.59 Å². The zero-order chi connectivity index (χ0) is 21.5. The van der Waals surface area contributed by atoms with Gasteiger partial charge in [0.1, 0.15) is 0 Å². The van der Waals surface area contributed by atoms with Gasteiger partial charge in [-0.2, -0.15) is 0 Å². The van der Waals surface area contributed by atoms with Crippen molar-refractivity contribution < 1.29 is 23.8 Å². The molecule has 2 aromatic rings. The van der Waals surface area contributed by atoms with Crippen LogP contribution in [-0.2, 0) is 9.53 Å².